The van der Waals surface area contributed by atoms with Crippen molar-refractivity contribution in [2.24, 2.45) is 0 Å². The fourth-order valence-corrected chi connectivity index (χ4v) is 1.99. The highest BCUT2D eigenvalue weighted by Gasteiger charge is 2.13. The number of carbonyl (C=O) groups is 1. The van der Waals surface area contributed by atoms with Crippen LogP contribution in [0.25, 0.3) is 4.96 Å². The maximum Gasteiger partial charge on any atom is 0.271 e. The van der Waals surface area contributed by atoms with Gasteiger partial charge in [0.15, 0.2) is 4.96 Å². The molecule has 0 aliphatic carbocycles. The van der Waals surface area contributed by atoms with E-state index in [9.17, 15) is 9.59 Å². The molecule has 0 aliphatic heterocycles. The van der Waals surface area contributed by atoms with E-state index in [1.54, 1.807) is 18.5 Å². The largest absolute Gasteiger partial charge is 0.392 e. The minimum atomic E-state index is -0.653. The Balaban J connectivity index is 2.32. The lowest BCUT2D eigenvalue weighted by atomic mass is 10.3. The lowest BCUT2D eigenvalue weighted by Crippen LogP contribution is -2.35. The van der Waals surface area contributed by atoms with Gasteiger partial charge in [-0.25, -0.2) is 4.98 Å². The summed E-state index contributed by atoms with van der Waals surface area (Å²) in [5.74, 6) is -0.524. The third-order valence-corrected chi connectivity index (χ3v) is 2.92. The van der Waals surface area contributed by atoms with Crippen LogP contribution in [0.1, 0.15) is 17.3 Å². The molecule has 6 nitrogen and oxygen atoms in total. The lowest BCUT2D eigenvalue weighted by molar-refractivity contribution is 0.0922. The van der Waals surface area contributed by atoms with Crippen molar-refractivity contribution in [2.45, 2.75) is 13.0 Å². The average molecular weight is 253 g/mol. The van der Waals surface area contributed by atoms with Crippen molar-refractivity contribution in [1.29, 1.82) is 0 Å². The van der Waals surface area contributed by atoms with Gasteiger partial charge in [-0.15, -0.1) is 11.3 Å². The van der Waals surface area contributed by atoms with E-state index in [2.05, 4.69) is 10.3 Å². The number of thiazole rings is 1. The Morgan fingerprint density at radius 2 is 2.47 bits per heavy atom. The van der Waals surface area contributed by atoms with Gasteiger partial charge < -0.3 is 10.4 Å². The molecule has 0 aromatic carbocycles. The number of carbonyl (C=O) groups excluding carboxylic acids is 1. The summed E-state index contributed by atoms with van der Waals surface area (Å²) in [7, 11) is 0. The number of aliphatic hydroxyl groups excluding tert-OH is 1. The summed E-state index contributed by atoms with van der Waals surface area (Å²) in [4.78, 5) is 28.1. The molecule has 0 saturated heterocycles. The van der Waals surface area contributed by atoms with Crippen LogP contribution in [0.3, 0.4) is 0 Å². The van der Waals surface area contributed by atoms with E-state index in [1.165, 1.54) is 21.9 Å². The van der Waals surface area contributed by atoms with Crippen molar-refractivity contribution in [3.8, 4) is 0 Å². The molecule has 17 heavy (non-hydrogen) atoms. The fourth-order valence-electron chi connectivity index (χ4n) is 1.32. The molecule has 0 bridgehead atoms. The maximum absolute atomic E-state index is 11.9. The van der Waals surface area contributed by atoms with Crippen molar-refractivity contribution in [3.63, 3.8) is 0 Å². The number of hydrogen-bond donors (Lipinski definition) is 2. The molecule has 0 spiro atoms. The summed E-state index contributed by atoms with van der Waals surface area (Å²) < 4.78 is 1.32. The number of amides is 1. The SMILES string of the molecule is C[C@H](O)CNC(=O)c1cnc2sccn2c1=O. The number of fused-ring (bicyclic) bond motifs is 1. The van der Waals surface area contributed by atoms with E-state index in [0.717, 1.165) is 0 Å². The van der Waals surface area contributed by atoms with Gasteiger partial charge in [0, 0.05) is 24.3 Å². The fraction of sp³-hybridized carbons (Fsp3) is 0.300. The van der Waals surface area contributed by atoms with E-state index in [-0.39, 0.29) is 12.1 Å². The summed E-state index contributed by atoms with van der Waals surface area (Å²) in [6.45, 7) is 1.65. The topological polar surface area (TPSA) is 83.7 Å². The highest BCUT2D eigenvalue weighted by atomic mass is 32.1. The first-order valence-electron chi connectivity index (χ1n) is 5.00. The molecular formula is C10H11N3O3S. The number of nitrogens with one attached hydrogen (secondary N) is 1. The molecule has 2 aromatic rings. The van der Waals surface area contributed by atoms with Crippen LogP contribution in [0.5, 0.6) is 0 Å². The molecule has 2 rings (SSSR count). The van der Waals surface area contributed by atoms with Gasteiger partial charge >= 0.3 is 0 Å². The molecule has 7 heteroatoms. The molecule has 2 heterocycles. The van der Waals surface area contributed by atoms with Crippen molar-refractivity contribution in [1.82, 2.24) is 14.7 Å². The summed E-state index contributed by atoms with van der Waals surface area (Å²) >= 11 is 1.32. The smallest absolute Gasteiger partial charge is 0.271 e. The van der Waals surface area contributed by atoms with Gasteiger partial charge in [0.1, 0.15) is 5.56 Å². The van der Waals surface area contributed by atoms with Gasteiger partial charge in [-0.1, -0.05) is 0 Å². The zero-order valence-corrected chi connectivity index (χ0v) is 9.90. The van der Waals surface area contributed by atoms with Gasteiger partial charge in [-0.3, -0.25) is 14.0 Å². The van der Waals surface area contributed by atoms with Crippen LogP contribution in [-0.4, -0.2) is 33.0 Å². The van der Waals surface area contributed by atoms with Crippen molar-refractivity contribution in [3.05, 3.63) is 33.7 Å². The van der Waals surface area contributed by atoms with Gasteiger partial charge in [0.2, 0.25) is 0 Å². The van der Waals surface area contributed by atoms with E-state index in [4.69, 9.17) is 5.11 Å². The van der Waals surface area contributed by atoms with Crippen molar-refractivity contribution in [2.75, 3.05) is 6.54 Å². The molecule has 2 aromatic heterocycles. The quantitative estimate of drug-likeness (QED) is 0.798. The second-order valence-electron chi connectivity index (χ2n) is 3.59. The van der Waals surface area contributed by atoms with E-state index >= 15 is 0 Å². The van der Waals surface area contributed by atoms with E-state index in [0.29, 0.717) is 4.96 Å². The Kier molecular flexibility index (Phi) is 3.21. The van der Waals surface area contributed by atoms with Gasteiger partial charge in [-0.2, -0.15) is 0 Å². The molecule has 0 unspecified atom stereocenters. The minimum absolute atomic E-state index is 0.0263. The second kappa shape index (κ2) is 4.64. The monoisotopic (exact) mass is 253 g/mol. The summed E-state index contributed by atoms with van der Waals surface area (Å²) in [6.07, 6.45) is 2.17. The predicted molar refractivity (Wildman–Crippen MR) is 63.4 cm³/mol. The first-order chi connectivity index (χ1) is 8.09. The van der Waals surface area contributed by atoms with Crippen LogP contribution in [0.2, 0.25) is 0 Å². The third kappa shape index (κ3) is 2.34. The van der Waals surface area contributed by atoms with Gasteiger partial charge in [-0.05, 0) is 6.92 Å². The summed E-state index contributed by atoms with van der Waals surface area (Å²) in [6, 6.07) is 0. The second-order valence-corrected chi connectivity index (χ2v) is 4.46. The average Bonchev–Trinajstić information content (AvgIpc) is 2.75. The molecule has 0 fully saturated rings. The normalized spacial score (nSPS) is 12.6. The van der Waals surface area contributed by atoms with E-state index < -0.39 is 17.6 Å². The Labute approximate surface area is 101 Å². The van der Waals surface area contributed by atoms with Crippen LogP contribution in [0.15, 0.2) is 22.6 Å². The highest BCUT2D eigenvalue weighted by molar-refractivity contribution is 7.15. The van der Waals surface area contributed by atoms with Crippen LogP contribution in [0.4, 0.5) is 0 Å². The minimum Gasteiger partial charge on any atom is -0.392 e. The Hall–Kier alpha value is -1.73. The van der Waals surface area contributed by atoms with Crippen molar-refractivity contribution >= 4 is 22.2 Å². The number of aromatic nitrogens is 2. The molecule has 1 amide bonds. The predicted octanol–water partition coefficient (Wildman–Crippen LogP) is -0.133. The zero-order chi connectivity index (χ0) is 12.4. The lowest BCUT2D eigenvalue weighted by Gasteiger charge is -2.06. The first kappa shape index (κ1) is 11.7. The van der Waals surface area contributed by atoms with Crippen LogP contribution in [-0.2, 0) is 0 Å². The Morgan fingerprint density at radius 1 is 1.71 bits per heavy atom. The molecule has 0 aliphatic rings. The highest BCUT2D eigenvalue weighted by Crippen LogP contribution is 2.05. The van der Waals surface area contributed by atoms with Crippen LogP contribution >= 0.6 is 11.3 Å². The Morgan fingerprint density at radius 3 is 3.18 bits per heavy atom. The molecule has 1 atom stereocenters. The van der Waals surface area contributed by atoms with Crippen molar-refractivity contribution < 1.29 is 9.90 Å². The molecular weight excluding hydrogens is 242 g/mol. The number of aliphatic hydroxyl groups is 1. The number of rotatable bonds is 3. The van der Waals surface area contributed by atoms with Gasteiger partial charge in [0.05, 0.1) is 6.10 Å². The Bertz CT molecular complexity index is 602. The van der Waals surface area contributed by atoms with Gasteiger partial charge in [0.25, 0.3) is 11.5 Å². The standard InChI is InChI=1S/C10H11N3O3S/c1-6(14)4-11-8(15)7-5-12-10-13(9(7)16)2-3-17-10/h2-3,5-6,14H,4H2,1H3,(H,11,15)/t6-/m0/s1. The maximum atomic E-state index is 11.9. The molecule has 90 valence electrons. The number of hydrogen-bond acceptors (Lipinski definition) is 5. The van der Waals surface area contributed by atoms with Crippen LogP contribution < -0.4 is 10.9 Å². The zero-order valence-electron chi connectivity index (χ0n) is 9.08. The molecule has 0 radical (unpaired) electrons. The third-order valence-electron chi connectivity index (χ3n) is 2.15. The summed E-state index contributed by atoms with van der Waals surface area (Å²) in [5.41, 5.74) is -0.430. The first-order valence-corrected chi connectivity index (χ1v) is 5.88. The summed E-state index contributed by atoms with van der Waals surface area (Å²) in [5, 5.41) is 13.2. The van der Waals surface area contributed by atoms with Crippen LogP contribution in [0, 0.1) is 0 Å². The number of nitrogens with zero attached hydrogens (tertiary/aromatic N) is 2. The molecule has 2 N–H and O–H groups in total. The van der Waals surface area contributed by atoms with E-state index in [1.807, 2.05) is 0 Å². The molecule has 0 saturated carbocycles.